The summed E-state index contributed by atoms with van der Waals surface area (Å²) in [4.78, 5) is 24.1. The fourth-order valence-corrected chi connectivity index (χ4v) is 5.17. The second-order valence-corrected chi connectivity index (χ2v) is 8.19. The van der Waals surface area contributed by atoms with E-state index < -0.39 is 11.5 Å². The van der Waals surface area contributed by atoms with E-state index in [4.69, 9.17) is 9.47 Å². The van der Waals surface area contributed by atoms with Gasteiger partial charge in [0.1, 0.15) is 12.2 Å². The van der Waals surface area contributed by atoms with Crippen LogP contribution in [0.3, 0.4) is 0 Å². The smallest absolute Gasteiger partial charge is 0.334 e. The normalized spacial score (nSPS) is 44.0. The van der Waals surface area contributed by atoms with Crippen LogP contribution in [0.1, 0.15) is 47.0 Å². The summed E-state index contributed by atoms with van der Waals surface area (Å²) in [5.74, 6) is -0.501. The quantitative estimate of drug-likeness (QED) is 0.614. The van der Waals surface area contributed by atoms with Gasteiger partial charge in [-0.15, -0.1) is 0 Å². The Kier molecular flexibility index (Phi) is 4.56. The number of rotatable bonds is 2. The molecule has 3 fully saturated rings. The largest absolute Gasteiger partial charge is 0.459 e. The van der Waals surface area contributed by atoms with Crippen molar-refractivity contribution >= 4 is 11.9 Å². The van der Waals surface area contributed by atoms with E-state index in [1.807, 2.05) is 6.92 Å². The zero-order valence-electron chi connectivity index (χ0n) is 15.5. The van der Waals surface area contributed by atoms with Gasteiger partial charge in [-0.1, -0.05) is 26.5 Å². The first-order valence-electron chi connectivity index (χ1n) is 9.10. The molecule has 3 aliphatic rings. The second-order valence-electron chi connectivity index (χ2n) is 8.19. The summed E-state index contributed by atoms with van der Waals surface area (Å²) in [7, 11) is 0. The van der Waals surface area contributed by atoms with Crippen LogP contribution in [0.4, 0.5) is 0 Å². The SMILES string of the molecule is C=C1C(=O)O[C@@H]2C[C@@H](C)[C@@H]3[C@@H](OC(=O)/C(C)=C/C)C[C@@H](O)[C@@]3(C)C[C@H]12. The van der Waals surface area contributed by atoms with Crippen LogP contribution in [0.2, 0.25) is 0 Å². The Hall–Kier alpha value is -1.62. The Balaban J connectivity index is 1.89. The van der Waals surface area contributed by atoms with Crippen molar-refractivity contribution < 1.29 is 24.2 Å². The Morgan fingerprint density at radius 2 is 2.12 bits per heavy atom. The van der Waals surface area contributed by atoms with Crippen LogP contribution in [-0.4, -0.2) is 35.4 Å². The van der Waals surface area contributed by atoms with Gasteiger partial charge < -0.3 is 14.6 Å². The molecular weight excluding hydrogens is 320 g/mol. The highest BCUT2D eigenvalue weighted by Crippen LogP contribution is 2.57. The number of hydrogen-bond acceptors (Lipinski definition) is 5. The van der Waals surface area contributed by atoms with Crippen molar-refractivity contribution in [1.82, 2.24) is 0 Å². The molecule has 0 radical (unpaired) electrons. The molecule has 7 atom stereocenters. The zero-order valence-corrected chi connectivity index (χ0v) is 15.5. The molecule has 0 aromatic heterocycles. The Bertz CT molecular complexity index is 636. The lowest BCUT2D eigenvalue weighted by Gasteiger charge is -2.38. The van der Waals surface area contributed by atoms with Crippen molar-refractivity contribution in [3.63, 3.8) is 0 Å². The van der Waals surface area contributed by atoms with Crippen LogP contribution in [-0.2, 0) is 19.1 Å². The van der Waals surface area contributed by atoms with Crippen LogP contribution >= 0.6 is 0 Å². The lowest BCUT2D eigenvalue weighted by Crippen LogP contribution is -2.39. The Labute approximate surface area is 149 Å². The monoisotopic (exact) mass is 348 g/mol. The van der Waals surface area contributed by atoms with Crippen molar-refractivity contribution in [2.45, 2.75) is 65.3 Å². The van der Waals surface area contributed by atoms with Crippen molar-refractivity contribution in [1.29, 1.82) is 0 Å². The van der Waals surface area contributed by atoms with Gasteiger partial charge >= 0.3 is 11.9 Å². The third-order valence-corrected chi connectivity index (χ3v) is 6.69. The van der Waals surface area contributed by atoms with Crippen LogP contribution in [0.15, 0.2) is 23.8 Å². The number of carbonyl (C=O) groups is 2. The molecule has 0 aromatic rings. The Morgan fingerprint density at radius 3 is 2.76 bits per heavy atom. The van der Waals surface area contributed by atoms with E-state index in [2.05, 4.69) is 13.5 Å². The molecule has 0 aromatic carbocycles. The number of ether oxygens (including phenoxy) is 2. The molecule has 1 saturated heterocycles. The molecule has 25 heavy (non-hydrogen) atoms. The third-order valence-electron chi connectivity index (χ3n) is 6.69. The second kappa shape index (κ2) is 6.27. The predicted molar refractivity (Wildman–Crippen MR) is 92.4 cm³/mol. The van der Waals surface area contributed by atoms with E-state index in [-0.39, 0.29) is 41.9 Å². The predicted octanol–water partition coefficient (Wildman–Crippen LogP) is 2.78. The van der Waals surface area contributed by atoms with Gasteiger partial charge in [0, 0.05) is 34.8 Å². The van der Waals surface area contributed by atoms with Crippen molar-refractivity contribution in [2.24, 2.45) is 23.2 Å². The van der Waals surface area contributed by atoms with E-state index in [1.165, 1.54) is 0 Å². The number of aliphatic hydroxyl groups is 1. The van der Waals surface area contributed by atoms with Gasteiger partial charge in [-0.3, -0.25) is 0 Å². The van der Waals surface area contributed by atoms with Gasteiger partial charge in [0.2, 0.25) is 0 Å². The number of fused-ring (bicyclic) bond motifs is 2. The van der Waals surface area contributed by atoms with E-state index in [1.54, 1.807) is 19.9 Å². The molecule has 2 aliphatic carbocycles. The van der Waals surface area contributed by atoms with Crippen molar-refractivity contribution in [3.8, 4) is 0 Å². The minimum atomic E-state index is -0.578. The first-order chi connectivity index (χ1) is 11.7. The lowest BCUT2D eigenvalue weighted by atomic mass is 9.69. The molecule has 0 amide bonds. The molecule has 5 heteroatoms. The first kappa shape index (κ1) is 18.2. The van der Waals surface area contributed by atoms with Crippen LogP contribution in [0, 0.1) is 23.2 Å². The van der Waals surface area contributed by atoms with E-state index in [9.17, 15) is 14.7 Å². The average molecular weight is 348 g/mol. The fourth-order valence-electron chi connectivity index (χ4n) is 5.17. The number of esters is 2. The van der Waals surface area contributed by atoms with Gasteiger partial charge in [0.15, 0.2) is 0 Å². The fraction of sp³-hybridized carbons (Fsp3) is 0.700. The molecule has 0 spiro atoms. The molecule has 0 unspecified atom stereocenters. The number of hydrogen-bond donors (Lipinski definition) is 1. The summed E-state index contributed by atoms with van der Waals surface area (Å²) in [5.41, 5.74) is 0.657. The topological polar surface area (TPSA) is 72.8 Å². The summed E-state index contributed by atoms with van der Waals surface area (Å²) < 4.78 is 11.3. The highest BCUT2D eigenvalue weighted by molar-refractivity contribution is 5.90. The first-order valence-corrected chi connectivity index (χ1v) is 9.10. The van der Waals surface area contributed by atoms with E-state index in [0.29, 0.717) is 30.4 Å². The highest BCUT2D eigenvalue weighted by Gasteiger charge is 2.60. The molecule has 3 rings (SSSR count). The zero-order chi connectivity index (χ0) is 18.5. The minimum Gasteiger partial charge on any atom is -0.459 e. The minimum absolute atomic E-state index is 0.0354. The summed E-state index contributed by atoms with van der Waals surface area (Å²) >= 11 is 0. The number of aliphatic hydroxyl groups excluding tert-OH is 1. The lowest BCUT2D eigenvalue weighted by molar-refractivity contribution is -0.148. The third kappa shape index (κ3) is 2.82. The van der Waals surface area contributed by atoms with Gasteiger partial charge in [-0.25, -0.2) is 9.59 Å². The maximum atomic E-state index is 12.2. The van der Waals surface area contributed by atoms with Crippen LogP contribution < -0.4 is 0 Å². The number of allylic oxidation sites excluding steroid dienone is 1. The van der Waals surface area contributed by atoms with Crippen molar-refractivity contribution in [2.75, 3.05) is 0 Å². The molecule has 2 saturated carbocycles. The molecular formula is C20H28O5. The molecule has 5 nitrogen and oxygen atoms in total. The maximum Gasteiger partial charge on any atom is 0.334 e. The molecule has 138 valence electrons. The highest BCUT2D eigenvalue weighted by atomic mass is 16.6. The summed E-state index contributed by atoms with van der Waals surface area (Å²) in [5, 5.41) is 10.8. The molecule has 1 N–H and O–H groups in total. The maximum absolute atomic E-state index is 12.2. The number of carbonyl (C=O) groups excluding carboxylic acids is 2. The van der Waals surface area contributed by atoms with E-state index >= 15 is 0 Å². The summed E-state index contributed by atoms with van der Waals surface area (Å²) in [6.45, 7) is 11.6. The van der Waals surface area contributed by atoms with Gasteiger partial charge in [-0.05, 0) is 32.6 Å². The van der Waals surface area contributed by atoms with Crippen LogP contribution in [0.5, 0.6) is 0 Å². The van der Waals surface area contributed by atoms with Gasteiger partial charge in [0.05, 0.1) is 6.10 Å². The molecule has 1 aliphatic heterocycles. The average Bonchev–Trinajstić information content (AvgIpc) is 2.89. The molecule has 1 heterocycles. The van der Waals surface area contributed by atoms with Gasteiger partial charge in [-0.2, -0.15) is 0 Å². The van der Waals surface area contributed by atoms with E-state index in [0.717, 1.165) is 0 Å². The Morgan fingerprint density at radius 1 is 1.44 bits per heavy atom. The van der Waals surface area contributed by atoms with Crippen LogP contribution in [0.25, 0.3) is 0 Å². The standard InChI is InChI=1S/C20H28O5/c1-6-10(2)18(22)25-15-8-16(21)20(5)9-13-12(4)19(23)24-14(13)7-11(3)17(15)20/h6,11,13-17,21H,4,7-9H2,1-3,5H3/b10-6+/t11-,13-,14-,15+,16-,17-,20-/m1/s1. The summed E-state index contributed by atoms with van der Waals surface area (Å²) in [6.07, 6.45) is 2.43. The van der Waals surface area contributed by atoms with Gasteiger partial charge in [0.25, 0.3) is 0 Å². The molecule has 0 bridgehead atoms. The summed E-state index contributed by atoms with van der Waals surface area (Å²) in [6, 6.07) is 0. The van der Waals surface area contributed by atoms with Crippen molar-refractivity contribution in [3.05, 3.63) is 23.8 Å².